The summed E-state index contributed by atoms with van der Waals surface area (Å²) in [6.07, 6.45) is -2.47. The third-order valence-electron chi connectivity index (χ3n) is 2.03. The van der Waals surface area contributed by atoms with Gasteiger partial charge in [-0.2, -0.15) is 23.7 Å². The molecule has 0 aromatic carbocycles. The minimum atomic E-state index is -4.41. The summed E-state index contributed by atoms with van der Waals surface area (Å²) in [7, 11) is 0. The first kappa shape index (κ1) is 11.3. The van der Waals surface area contributed by atoms with Gasteiger partial charge in [-0.05, 0) is 12.0 Å². The number of hydrogen-bond donors (Lipinski definition) is 0. The van der Waals surface area contributed by atoms with Crippen LogP contribution in [0.4, 0.5) is 13.2 Å². The van der Waals surface area contributed by atoms with E-state index in [0.29, 0.717) is 0 Å². The van der Waals surface area contributed by atoms with Crippen LogP contribution in [0.15, 0.2) is 23.3 Å². The van der Waals surface area contributed by atoms with Crippen LogP contribution in [-0.2, 0) is 0 Å². The van der Waals surface area contributed by atoms with Crippen molar-refractivity contribution in [3.8, 4) is 12.1 Å². The Morgan fingerprint density at radius 1 is 1.40 bits per heavy atom. The minimum absolute atomic E-state index is 0.0994. The molecule has 0 N–H and O–H groups in total. The van der Waals surface area contributed by atoms with Crippen LogP contribution in [0, 0.1) is 28.6 Å². The third-order valence-corrected chi connectivity index (χ3v) is 2.03. The largest absolute Gasteiger partial charge is 0.412 e. The van der Waals surface area contributed by atoms with Gasteiger partial charge in [0.1, 0.15) is 0 Å². The molecular formula is C10H7F3N2. The van der Waals surface area contributed by atoms with Gasteiger partial charge in [0.2, 0.25) is 0 Å². The second kappa shape index (κ2) is 4.18. The van der Waals surface area contributed by atoms with E-state index >= 15 is 0 Å². The van der Waals surface area contributed by atoms with Crippen LogP contribution in [0.5, 0.6) is 0 Å². The van der Waals surface area contributed by atoms with E-state index in [-0.39, 0.29) is 18.4 Å². The van der Waals surface area contributed by atoms with Crippen molar-refractivity contribution in [2.24, 2.45) is 5.92 Å². The summed E-state index contributed by atoms with van der Waals surface area (Å²) in [6, 6.07) is 3.53. The smallest absolute Gasteiger partial charge is 0.198 e. The first-order valence-electron chi connectivity index (χ1n) is 4.22. The molecule has 1 unspecified atom stereocenters. The molecule has 0 saturated heterocycles. The van der Waals surface area contributed by atoms with Crippen LogP contribution >= 0.6 is 0 Å². The van der Waals surface area contributed by atoms with Gasteiger partial charge in [-0.1, -0.05) is 12.2 Å². The van der Waals surface area contributed by atoms with Gasteiger partial charge in [0, 0.05) is 5.57 Å². The predicted molar refractivity (Wildman–Crippen MR) is 46.2 cm³/mol. The van der Waals surface area contributed by atoms with Gasteiger partial charge in [0.05, 0.1) is 24.5 Å². The fourth-order valence-corrected chi connectivity index (χ4v) is 1.37. The van der Waals surface area contributed by atoms with Crippen molar-refractivity contribution in [2.75, 3.05) is 0 Å². The van der Waals surface area contributed by atoms with Crippen LogP contribution in [-0.4, -0.2) is 6.18 Å². The highest BCUT2D eigenvalue weighted by atomic mass is 19.4. The highest BCUT2D eigenvalue weighted by Crippen LogP contribution is 2.35. The van der Waals surface area contributed by atoms with E-state index in [0.717, 1.165) is 6.08 Å². The molecule has 0 spiro atoms. The lowest BCUT2D eigenvalue weighted by Gasteiger charge is -2.18. The molecule has 78 valence electrons. The number of nitriles is 2. The average molecular weight is 212 g/mol. The zero-order valence-corrected chi connectivity index (χ0v) is 7.67. The second-order valence-electron chi connectivity index (χ2n) is 3.18. The first-order chi connectivity index (χ1) is 6.97. The molecular weight excluding hydrogens is 205 g/mol. The molecule has 0 heterocycles. The van der Waals surface area contributed by atoms with Crippen molar-refractivity contribution in [3.63, 3.8) is 0 Å². The number of nitrogens with zero attached hydrogens (tertiary/aromatic N) is 2. The Labute approximate surface area is 84.9 Å². The molecule has 0 aromatic rings. The lowest BCUT2D eigenvalue weighted by atomic mass is 9.90. The first-order valence-corrected chi connectivity index (χ1v) is 4.22. The fraction of sp³-hybridized carbons (Fsp3) is 0.400. The van der Waals surface area contributed by atoms with E-state index in [9.17, 15) is 13.2 Å². The van der Waals surface area contributed by atoms with Gasteiger partial charge in [-0.25, -0.2) is 0 Å². The summed E-state index contributed by atoms with van der Waals surface area (Å²) < 4.78 is 37.1. The third kappa shape index (κ3) is 2.85. The van der Waals surface area contributed by atoms with Crippen LogP contribution in [0.2, 0.25) is 0 Å². The Morgan fingerprint density at radius 2 is 2.07 bits per heavy atom. The normalized spacial score (nSPS) is 21.0. The Kier molecular flexibility index (Phi) is 3.16. The van der Waals surface area contributed by atoms with Crippen molar-refractivity contribution in [1.82, 2.24) is 0 Å². The number of halogens is 3. The number of hydrogen-bond acceptors (Lipinski definition) is 2. The van der Waals surface area contributed by atoms with Crippen LogP contribution in [0.3, 0.4) is 0 Å². The van der Waals surface area contributed by atoms with E-state index < -0.39 is 17.7 Å². The molecule has 0 amide bonds. The molecule has 2 nitrogen and oxygen atoms in total. The summed E-state index contributed by atoms with van der Waals surface area (Å²) in [5.41, 5.74) is -0.468. The Morgan fingerprint density at radius 3 is 2.53 bits per heavy atom. The maximum absolute atomic E-state index is 12.4. The van der Waals surface area contributed by atoms with Crippen molar-refractivity contribution >= 4 is 0 Å². The van der Waals surface area contributed by atoms with Gasteiger partial charge in [-0.15, -0.1) is 0 Å². The molecule has 0 aromatic heterocycles. The quantitative estimate of drug-likeness (QED) is 0.670. The summed E-state index contributed by atoms with van der Waals surface area (Å²) >= 11 is 0. The number of allylic oxidation sites excluding steroid dienone is 4. The second-order valence-corrected chi connectivity index (χ2v) is 3.18. The van der Waals surface area contributed by atoms with Gasteiger partial charge in [0.25, 0.3) is 0 Å². The van der Waals surface area contributed by atoms with E-state index in [2.05, 4.69) is 0 Å². The summed E-state index contributed by atoms with van der Waals surface area (Å²) in [5, 5.41) is 17.0. The van der Waals surface area contributed by atoms with Gasteiger partial charge in [-0.3, -0.25) is 0 Å². The molecule has 1 atom stereocenters. The maximum Gasteiger partial charge on any atom is 0.412 e. The van der Waals surface area contributed by atoms with Crippen molar-refractivity contribution in [1.29, 1.82) is 10.5 Å². The van der Waals surface area contributed by atoms with Crippen molar-refractivity contribution < 1.29 is 13.2 Å². The molecule has 1 rings (SSSR count). The highest BCUT2D eigenvalue weighted by molar-refractivity contribution is 5.35. The Hall–Kier alpha value is -1.75. The van der Waals surface area contributed by atoms with E-state index in [1.165, 1.54) is 6.08 Å². The minimum Gasteiger partial charge on any atom is -0.198 e. The molecule has 1 aliphatic carbocycles. The van der Waals surface area contributed by atoms with Gasteiger partial charge < -0.3 is 0 Å². The predicted octanol–water partition coefficient (Wildman–Crippen LogP) is 2.86. The Bertz CT molecular complexity index is 390. The summed E-state index contributed by atoms with van der Waals surface area (Å²) in [4.78, 5) is 0. The average Bonchev–Trinajstić information content (AvgIpc) is 2.16. The maximum atomic E-state index is 12.4. The van der Waals surface area contributed by atoms with Gasteiger partial charge in [0.15, 0.2) is 0 Å². The van der Waals surface area contributed by atoms with E-state index in [4.69, 9.17) is 10.5 Å². The van der Waals surface area contributed by atoms with Crippen LogP contribution in [0.1, 0.15) is 12.8 Å². The summed E-state index contributed by atoms with van der Waals surface area (Å²) in [5.74, 6) is -0.782. The lowest BCUT2D eigenvalue weighted by molar-refractivity contribution is -0.0947. The highest BCUT2D eigenvalue weighted by Gasteiger charge is 2.36. The van der Waals surface area contributed by atoms with Crippen LogP contribution in [0.25, 0.3) is 0 Å². The molecule has 0 bridgehead atoms. The summed E-state index contributed by atoms with van der Waals surface area (Å²) in [6.45, 7) is 0. The number of rotatable bonds is 1. The monoisotopic (exact) mass is 212 g/mol. The molecule has 1 aliphatic rings. The zero-order valence-electron chi connectivity index (χ0n) is 7.67. The van der Waals surface area contributed by atoms with Crippen LogP contribution < -0.4 is 0 Å². The Balaban J connectivity index is 2.99. The molecule has 5 heteroatoms. The molecule has 0 saturated carbocycles. The number of alkyl halides is 3. The SMILES string of the molecule is N#CCC1=CC(C#N)CC(C(F)(F)F)=C1. The van der Waals surface area contributed by atoms with E-state index in [1.54, 1.807) is 12.1 Å². The topological polar surface area (TPSA) is 47.6 Å². The van der Waals surface area contributed by atoms with Crippen molar-refractivity contribution in [3.05, 3.63) is 23.3 Å². The standard InChI is InChI=1S/C10H7F3N2/c11-10(12,13)9-4-7(1-2-14)3-8(5-9)6-15/h3-4,8H,1,5H2. The molecule has 0 fully saturated rings. The van der Waals surface area contributed by atoms with E-state index in [1.807, 2.05) is 0 Å². The molecule has 0 radical (unpaired) electrons. The molecule has 0 aliphatic heterocycles. The molecule has 15 heavy (non-hydrogen) atoms. The lowest BCUT2D eigenvalue weighted by Crippen LogP contribution is -2.17. The van der Waals surface area contributed by atoms with Gasteiger partial charge >= 0.3 is 6.18 Å². The zero-order chi connectivity index (χ0) is 11.5. The fourth-order valence-electron chi connectivity index (χ4n) is 1.37. The van der Waals surface area contributed by atoms with Crippen molar-refractivity contribution in [2.45, 2.75) is 19.0 Å².